The van der Waals surface area contributed by atoms with Gasteiger partial charge in [0.15, 0.2) is 17.3 Å². The van der Waals surface area contributed by atoms with E-state index in [-0.39, 0.29) is 25.2 Å². The van der Waals surface area contributed by atoms with Crippen molar-refractivity contribution in [1.82, 2.24) is 20.4 Å². The molecule has 1 aliphatic heterocycles. The third kappa shape index (κ3) is 3.60. The molecule has 7 nitrogen and oxygen atoms in total. The minimum Gasteiger partial charge on any atom is -0.454 e. The number of thiazole rings is 1. The van der Waals surface area contributed by atoms with Crippen molar-refractivity contribution < 1.29 is 14.0 Å². The fourth-order valence-electron chi connectivity index (χ4n) is 2.35. The molecule has 0 fully saturated rings. The van der Waals surface area contributed by atoms with Gasteiger partial charge in [-0.3, -0.25) is 0 Å². The number of aromatic nitrogens is 3. The van der Waals surface area contributed by atoms with E-state index >= 15 is 0 Å². The molecule has 132 valence electrons. The maximum atomic E-state index is 5.41. The number of likely N-dealkylation sites (N-methyl/N-ethyl adjacent to an activating group) is 1. The lowest BCUT2D eigenvalue weighted by molar-refractivity contribution is 0.174. The number of fused-ring (bicyclic) bond motifs is 1. The van der Waals surface area contributed by atoms with E-state index in [1.807, 2.05) is 30.6 Å². The van der Waals surface area contributed by atoms with Gasteiger partial charge in [-0.15, -0.1) is 23.7 Å². The molecule has 1 unspecified atom stereocenters. The number of nitrogens with one attached hydrogen (secondary N) is 1. The number of rotatable bonds is 5. The van der Waals surface area contributed by atoms with Crippen LogP contribution in [-0.4, -0.2) is 35.0 Å². The summed E-state index contributed by atoms with van der Waals surface area (Å²) in [4.78, 5) is 9.01. The molecule has 0 saturated heterocycles. The molecule has 0 amide bonds. The molecule has 4 rings (SSSR count). The summed E-state index contributed by atoms with van der Waals surface area (Å²) in [6.07, 6.45) is 0.707. The molecule has 1 N–H and O–H groups in total. The zero-order valence-electron chi connectivity index (χ0n) is 13.7. The lowest BCUT2D eigenvalue weighted by atomic mass is 10.2. The molecule has 0 spiro atoms. The van der Waals surface area contributed by atoms with E-state index in [1.54, 1.807) is 0 Å². The molecule has 0 saturated carbocycles. The Bertz CT molecular complexity index is 867. The van der Waals surface area contributed by atoms with Crippen molar-refractivity contribution in [2.24, 2.45) is 0 Å². The molecule has 25 heavy (non-hydrogen) atoms. The summed E-state index contributed by atoms with van der Waals surface area (Å²) >= 11 is 1.52. The van der Waals surface area contributed by atoms with Crippen LogP contribution >= 0.6 is 23.7 Å². The van der Waals surface area contributed by atoms with Crippen LogP contribution in [0.25, 0.3) is 22.2 Å². The molecule has 2 aromatic heterocycles. The quantitative estimate of drug-likeness (QED) is 0.727. The van der Waals surface area contributed by atoms with Gasteiger partial charge < -0.3 is 19.3 Å². The standard InChI is InChI=1S/C16H16N4O3S.ClH/c1-9(17-2)5-14-19-15(23-20-14)11-7-24-16(18-11)10-3-4-12-13(6-10)22-8-21-12;/h3-4,6-7,9,17H,5,8H2,1-2H3;1H. The van der Waals surface area contributed by atoms with E-state index in [9.17, 15) is 0 Å². The molecule has 9 heteroatoms. The largest absolute Gasteiger partial charge is 0.454 e. The van der Waals surface area contributed by atoms with Gasteiger partial charge in [0.2, 0.25) is 6.79 Å². The highest BCUT2D eigenvalue weighted by atomic mass is 35.5. The summed E-state index contributed by atoms with van der Waals surface area (Å²) in [7, 11) is 1.91. The van der Waals surface area contributed by atoms with Gasteiger partial charge in [-0.25, -0.2) is 4.98 Å². The molecule has 3 aromatic rings. The van der Waals surface area contributed by atoms with Crippen molar-refractivity contribution >= 4 is 23.7 Å². The average Bonchev–Trinajstić information content (AvgIpc) is 3.33. The van der Waals surface area contributed by atoms with E-state index in [1.165, 1.54) is 11.3 Å². The van der Waals surface area contributed by atoms with Crippen molar-refractivity contribution in [2.75, 3.05) is 13.8 Å². The van der Waals surface area contributed by atoms with Crippen LogP contribution in [0.15, 0.2) is 28.1 Å². The predicted octanol–water partition coefficient (Wildman–Crippen LogP) is 3.16. The topological polar surface area (TPSA) is 82.3 Å². The van der Waals surface area contributed by atoms with Gasteiger partial charge in [0.1, 0.15) is 10.7 Å². The van der Waals surface area contributed by atoms with E-state index < -0.39 is 0 Å². The number of nitrogens with zero attached hydrogens (tertiary/aromatic N) is 3. The molecule has 0 bridgehead atoms. The summed E-state index contributed by atoms with van der Waals surface area (Å²) < 4.78 is 16.1. The van der Waals surface area contributed by atoms with Crippen LogP contribution in [0.2, 0.25) is 0 Å². The number of hydrogen-bond donors (Lipinski definition) is 1. The molecule has 3 heterocycles. The maximum Gasteiger partial charge on any atom is 0.277 e. The van der Waals surface area contributed by atoms with E-state index in [4.69, 9.17) is 14.0 Å². The van der Waals surface area contributed by atoms with Gasteiger partial charge in [0, 0.05) is 23.4 Å². The first-order valence-corrected chi connectivity index (χ1v) is 8.46. The first kappa shape index (κ1) is 17.7. The Labute approximate surface area is 154 Å². The maximum absolute atomic E-state index is 5.41. The Morgan fingerprint density at radius 2 is 2.08 bits per heavy atom. The zero-order valence-corrected chi connectivity index (χ0v) is 15.3. The second kappa shape index (κ2) is 7.38. The van der Waals surface area contributed by atoms with Crippen molar-refractivity contribution in [2.45, 2.75) is 19.4 Å². The highest BCUT2D eigenvalue weighted by Gasteiger charge is 2.17. The molecule has 1 aliphatic rings. The number of benzene rings is 1. The number of halogens is 1. The third-order valence-electron chi connectivity index (χ3n) is 3.79. The van der Waals surface area contributed by atoms with Gasteiger partial charge in [-0.2, -0.15) is 4.98 Å². The van der Waals surface area contributed by atoms with E-state index in [0.717, 1.165) is 22.1 Å². The second-order valence-electron chi connectivity index (χ2n) is 5.52. The van der Waals surface area contributed by atoms with Crippen molar-refractivity contribution in [3.05, 3.63) is 29.4 Å². The Hall–Kier alpha value is -2.16. The average molecular weight is 381 g/mol. The SMILES string of the molecule is CNC(C)Cc1noc(-c2csc(-c3ccc4c(c3)OCO4)n2)n1.Cl. The fraction of sp³-hybridized carbons (Fsp3) is 0.312. The Balaban J connectivity index is 0.00000182. The molecule has 0 radical (unpaired) electrons. The van der Waals surface area contributed by atoms with Crippen LogP contribution in [0, 0.1) is 0 Å². The number of hydrogen-bond acceptors (Lipinski definition) is 8. The van der Waals surface area contributed by atoms with Crippen LogP contribution in [-0.2, 0) is 6.42 Å². The summed E-state index contributed by atoms with van der Waals surface area (Å²) in [6, 6.07) is 6.07. The minimum atomic E-state index is 0. The van der Waals surface area contributed by atoms with Crippen LogP contribution in [0.4, 0.5) is 0 Å². The lowest BCUT2D eigenvalue weighted by Crippen LogP contribution is -2.24. The first-order valence-electron chi connectivity index (χ1n) is 7.58. The van der Waals surface area contributed by atoms with Crippen molar-refractivity contribution in [3.8, 4) is 33.7 Å². The van der Waals surface area contributed by atoms with Crippen molar-refractivity contribution in [1.29, 1.82) is 0 Å². The molecular formula is C16H17ClN4O3S. The first-order chi connectivity index (χ1) is 11.7. The molecule has 0 aliphatic carbocycles. The van der Waals surface area contributed by atoms with Gasteiger partial charge in [-0.1, -0.05) is 5.16 Å². The van der Waals surface area contributed by atoms with Crippen LogP contribution in [0.3, 0.4) is 0 Å². The summed E-state index contributed by atoms with van der Waals surface area (Å²) in [6.45, 7) is 2.33. The van der Waals surface area contributed by atoms with E-state index in [2.05, 4.69) is 27.4 Å². The Morgan fingerprint density at radius 3 is 2.92 bits per heavy atom. The minimum absolute atomic E-state index is 0. The molecular weight excluding hydrogens is 364 g/mol. The third-order valence-corrected chi connectivity index (χ3v) is 4.68. The summed E-state index contributed by atoms with van der Waals surface area (Å²) in [5.74, 6) is 2.61. The fourth-order valence-corrected chi connectivity index (χ4v) is 3.14. The van der Waals surface area contributed by atoms with Crippen LogP contribution in [0.1, 0.15) is 12.7 Å². The highest BCUT2D eigenvalue weighted by Crippen LogP contribution is 2.37. The van der Waals surface area contributed by atoms with Gasteiger partial charge in [0.05, 0.1) is 0 Å². The van der Waals surface area contributed by atoms with Gasteiger partial charge in [0.25, 0.3) is 5.89 Å². The predicted molar refractivity (Wildman–Crippen MR) is 96.4 cm³/mol. The second-order valence-corrected chi connectivity index (χ2v) is 6.37. The van der Waals surface area contributed by atoms with Crippen LogP contribution < -0.4 is 14.8 Å². The highest BCUT2D eigenvalue weighted by molar-refractivity contribution is 7.13. The number of ether oxygens (including phenoxy) is 2. The smallest absolute Gasteiger partial charge is 0.277 e. The van der Waals surface area contributed by atoms with Crippen molar-refractivity contribution in [3.63, 3.8) is 0 Å². The Kier molecular flexibility index (Phi) is 5.22. The summed E-state index contributed by atoms with van der Waals surface area (Å²) in [5, 5.41) is 9.95. The monoisotopic (exact) mass is 380 g/mol. The Morgan fingerprint density at radius 1 is 1.24 bits per heavy atom. The summed E-state index contributed by atoms with van der Waals surface area (Å²) in [5.41, 5.74) is 1.66. The van der Waals surface area contributed by atoms with Crippen LogP contribution in [0.5, 0.6) is 11.5 Å². The lowest BCUT2D eigenvalue weighted by Gasteiger charge is -2.04. The zero-order chi connectivity index (χ0) is 16.5. The molecule has 1 atom stereocenters. The van der Waals surface area contributed by atoms with Gasteiger partial charge in [-0.05, 0) is 32.2 Å². The molecule has 1 aromatic carbocycles. The van der Waals surface area contributed by atoms with Gasteiger partial charge >= 0.3 is 0 Å². The van der Waals surface area contributed by atoms with E-state index in [0.29, 0.717) is 23.8 Å². The normalized spacial score (nSPS) is 13.5.